The molecule has 2 aromatic heterocycles. The lowest BCUT2D eigenvalue weighted by Crippen LogP contribution is -2.36. The lowest BCUT2D eigenvalue weighted by atomic mass is 10.1. The zero-order valence-corrected chi connectivity index (χ0v) is 16.2. The van der Waals surface area contributed by atoms with Crippen LogP contribution < -0.4 is 10.0 Å². The van der Waals surface area contributed by atoms with Gasteiger partial charge < -0.3 is 5.32 Å². The highest BCUT2D eigenvalue weighted by Crippen LogP contribution is 2.19. The van der Waals surface area contributed by atoms with Gasteiger partial charge in [-0.1, -0.05) is 23.7 Å². The van der Waals surface area contributed by atoms with Crippen LogP contribution in [0.4, 0.5) is 0 Å². The van der Waals surface area contributed by atoms with Crippen molar-refractivity contribution in [3.8, 4) is 11.3 Å². The number of halogens is 1. The summed E-state index contributed by atoms with van der Waals surface area (Å²) in [6.07, 6.45) is 5.01. The topological polar surface area (TPSA) is 101 Å². The van der Waals surface area contributed by atoms with Crippen LogP contribution in [-0.2, 0) is 21.4 Å². The molecule has 144 valence electrons. The molecule has 0 unspecified atom stereocenters. The van der Waals surface area contributed by atoms with Crippen LogP contribution in [0.2, 0.25) is 5.02 Å². The maximum absolute atomic E-state index is 12.2. The van der Waals surface area contributed by atoms with Crippen LogP contribution in [0.15, 0.2) is 72.0 Å². The number of carbonyl (C=O) groups is 1. The molecular formula is C19H17ClN4O3S. The van der Waals surface area contributed by atoms with E-state index in [4.69, 9.17) is 11.6 Å². The van der Waals surface area contributed by atoms with Gasteiger partial charge in [-0.2, -0.15) is 0 Å². The van der Waals surface area contributed by atoms with Gasteiger partial charge in [0.2, 0.25) is 15.9 Å². The van der Waals surface area contributed by atoms with Gasteiger partial charge in [-0.25, -0.2) is 13.1 Å². The van der Waals surface area contributed by atoms with Gasteiger partial charge in [0, 0.05) is 35.7 Å². The summed E-state index contributed by atoms with van der Waals surface area (Å²) < 4.78 is 26.7. The standard InChI is InChI=1S/C19H17ClN4O3S/c20-16-6-1-7-17(10-16)28(26,27)24-13-18(25)23-12-15-5-3-9-22-19(15)14-4-2-8-21-11-14/h1-11,24H,12-13H2,(H,23,25). The Balaban J connectivity index is 1.61. The zero-order valence-electron chi connectivity index (χ0n) is 14.7. The summed E-state index contributed by atoms with van der Waals surface area (Å²) in [4.78, 5) is 20.5. The third-order valence-electron chi connectivity index (χ3n) is 3.83. The van der Waals surface area contributed by atoms with Gasteiger partial charge in [0.25, 0.3) is 0 Å². The molecule has 7 nitrogen and oxygen atoms in total. The lowest BCUT2D eigenvalue weighted by molar-refractivity contribution is -0.120. The number of hydrogen-bond donors (Lipinski definition) is 2. The Morgan fingerprint density at radius 3 is 2.64 bits per heavy atom. The Kier molecular flexibility index (Phi) is 6.35. The smallest absolute Gasteiger partial charge is 0.241 e. The molecule has 0 saturated heterocycles. The molecule has 0 bridgehead atoms. The summed E-state index contributed by atoms with van der Waals surface area (Å²) in [7, 11) is -3.83. The van der Waals surface area contributed by atoms with E-state index in [1.54, 1.807) is 36.8 Å². The Labute approximate surface area is 167 Å². The highest BCUT2D eigenvalue weighted by atomic mass is 35.5. The van der Waals surface area contributed by atoms with E-state index in [-0.39, 0.29) is 11.4 Å². The maximum atomic E-state index is 12.2. The predicted octanol–water partition coefficient (Wildman–Crippen LogP) is 2.39. The van der Waals surface area contributed by atoms with Crippen LogP contribution in [0.3, 0.4) is 0 Å². The normalized spacial score (nSPS) is 11.2. The van der Waals surface area contributed by atoms with Crippen LogP contribution in [0.5, 0.6) is 0 Å². The molecule has 3 aromatic rings. The average molecular weight is 417 g/mol. The van der Waals surface area contributed by atoms with Gasteiger partial charge >= 0.3 is 0 Å². The summed E-state index contributed by atoms with van der Waals surface area (Å²) in [5.41, 5.74) is 2.32. The molecule has 0 fully saturated rings. The van der Waals surface area contributed by atoms with Crippen molar-refractivity contribution in [2.45, 2.75) is 11.4 Å². The van der Waals surface area contributed by atoms with Gasteiger partial charge in [0.05, 0.1) is 17.1 Å². The van der Waals surface area contributed by atoms with Crippen molar-refractivity contribution in [3.05, 3.63) is 77.7 Å². The van der Waals surface area contributed by atoms with Crippen molar-refractivity contribution in [3.63, 3.8) is 0 Å². The maximum Gasteiger partial charge on any atom is 0.241 e. The molecule has 0 spiro atoms. The molecule has 0 saturated carbocycles. The number of hydrogen-bond acceptors (Lipinski definition) is 5. The van der Waals surface area contributed by atoms with Crippen LogP contribution >= 0.6 is 11.6 Å². The fourth-order valence-corrected chi connectivity index (χ4v) is 3.76. The fourth-order valence-electron chi connectivity index (χ4n) is 2.48. The minimum Gasteiger partial charge on any atom is -0.351 e. The van der Waals surface area contributed by atoms with E-state index in [1.807, 2.05) is 12.1 Å². The van der Waals surface area contributed by atoms with Gasteiger partial charge in [-0.05, 0) is 42.0 Å². The van der Waals surface area contributed by atoms with Gasteiger partial charge in [0.15, 0.2) is 0 Å². The first-order chi connectivity index (χ1) is 13.5. The summed E-state index contributed by atoms with van der Waals surface area (Å²) >= 11 is 5.81. The lowest BCUT2D eigenvalue weighted by Gasteiger charge is -2.11. The number of rotatable bonds is 7. The fraction of sp³-hybridized carbons (Fsp3) is 0.105. The number of sulfonamides is 1. The number of pyridine rings is 2. The molecule has 0 aliphatic heterocycles. The number of nitrogens with zero attached hydrogens (tertiary/aromatic N) is 2. The Hall–Kier alpha value is -2.81. The highest BCUT2D eigenvalue weighted by molar-refractivity contribution is 7.89. The summed E-state index contributed by atoms with van der Waals surface area (Å²) in [6, 6.07) is 13.1. The van der Waals surface area contributed by atoms with E-state index in [1.165, 1.54) is 18.2 Å². The molecular weight excluding hydrogens is 400 g/mol. The van der Waals surface area contributed by atoms with Crippen molar-refractivity contribution in [2.24, 2.45) is 0 Å². The Morgan fingerprint density at radius 2 is 1.89 bits per heavy atom. The van der Waals surface area contributed by atoms with E-state index < -0.39 is 22.5 Å². The minimum absolute atomic E-state index is 0.000997. The van der Waals surface area contributed by atoms with Crippen molar-refractivity contribution in [1.82, 2.24) is 20.0 Å². The molecule has 0 aliphatic carbocycles. The number of benzene rings is 1. The van der Waals surface area contributed by atoms with E-state index in [2.05, 4.69) is 20.0 Å². The SMILES string of the molecule is O=C(CNS(=O)(=O)c1cccc(Cl)c1)NCc1cccnc1-c1cccnc1. The van der Waals surface area contributed by atoms with E-state index in [9.17, 15) is 13.2 Å². The number of carbonyl (C=O) groups excluding carboxylic acids is 1. The molecule has 1 amide bonds. The van der Waals surface area contributed by atoms with Crippen LogP contribution in [-0.4, -0.2) is 30.8 Å². The highest BCUT2D eigenvalue weighted by Gasteiger charge is 2.16. The zero-order chi connectivity index (χ0) is 20.0. The van der Waals surface area contributed by atoms with Crippen molar-refractivity contribution in [2.75, 3.05) is 6.54 Å². The largest absolute Gasteiger partial charge is 0.351 e. The van der Waals surface area contributed by atoms with Gasteiger partial charge in [-0.15, -0.1) is 0 Å². The second-order valence-electron chi connectivity index (χ2n) is 5.81. The van der Waals surface area contributed by atoms with Crippen molar-refractivity contribution < 1.29 is 13.2 Å². The predicted molar refractivity (Wildman–Crippen MR) is 106 cm³/mol. The van der Waals surface area contributed by atoms with E-state index >= 15 is 0 Å². The molecule has 28 heavy (non-hydrogen) atoms. The van der Waals surface area contributed by atoms with Crippen molar-refractivity contribution >= 4 is 27.5 Å². The summed E-state index contributed by atoms with van der Waals surface area (Å²) in [5.74, 6) is -0.466. The number of aromatic nitrogens is 2. The van der Waals surface area contributed by atoms with E-state index in [0.29, 0.717) is 10.7 Å². The third kappa shape index (κ3) is 5.13. The molecule has 0 radical (unpaired) electrons. The average Bonchev–Trinajstić information content (AvgIpc) is 2.72. The second-order valence-corrected chi connectivity index (χ2v) is 8.01. The first kappa shape index (κ1) is 19.9. The van der Waals surface area contributed by atoms with Crippen LogP contribution in [0, 0.1) is 0 Å². The monoisotopic (exact) mass is 416 g/mol. The van der Waals surface area contributed by atoms with Crippen LogP contribution in [0.1, 0.15) is 5.56 Å². The molecule has 2 heterocycles. The van der Waals surface area contributed by atoms with Gasteiger partial charge in [-0.3, -0.25) is 14.8 Å². The molecule has 9 heteroatoms. The summed E-state index contributed by atoms with van der Waals surface area (Å²) in [5, 5.41) is 2.99. The van der Waals surface area contributed by atoms with E-state index in [0.717, 1.165) is 11.1 Å². The first-order valence-corrected chi connectivity index (χ1v) is 10.2. The quantitative estimate of drug-likeness (QED) is 0.615. The molecule has 1 aromatic carbocycles. The van der Waals surface area contributed by atoms with Crippen LogP contribution in [0.25, 0.3) is 11.3 Å². The third-order valence-corrected chi connectivity index (χ3v) is 5.47. The van der Waals surface area contributed by atoms with Crippen molar-refractivity contribution in [1.29, 1.82) is 0 Å². The Morgan fingerprint density at radius 1 is 1.07 bits per heavy atom. The minimum atomic E-state index is -3.83. The molecule has 0 aliphatic rings. The number of amides is 1. The summed E-state index contributed by atoms with van der Waals surface area (Å²) in [6.45, 7) is -0.187. The number of nitrogens with one attached hydrogen (secondary N) is 2. The molecule has 2 N–H and O–H groups in total. The molecule has 0 atom stereocenters. The Bertz CT molecular complexity index is 1080. The second kappa shape index (κ2) is 8.92. The first-order valence-electron chi connectivity index (χ1n) is 8.32. The van der Waals surface area contributed by atoms with Gasteiger partial charge in [0.1, 0.15) is 0 Å². The molecule has 3 rings (SSSR count).